The van der Waals surface area contributed by atoms with Crippen molar-refractivity contribution in [3.63, 3.8) is 0 Å². The van der Waals surface area contributed by atoms with Crippen LogP contribution in [0.5, 0.6) is 0 Å². The molecule has 1 N–H and O–H groups in total. The summed E-state index contributed by atoms with van der Waals surface area (Å²) in [6, 6.07) is 1.49. The number of amides is 1. The van der Waals surface area contributed by atoms with Crippen molar-refractivity contribution >= 4 is 19.2 Å². The molecule has 5 nitrogen and oxygen atoms in total. The normalized spacial score (nSPS) is 18.8. The Morgan fingerprint density at radius 2 is 2.22 bits per heavy atom. The molecule has 1 atom stereocenters. The number of carbonyl (C=O) groups is 1. The molecule has 0 aliphatic heterocycles. The Balaban J connectivity index is 2.70. The van der Waals surface area contributed by atoms with Crippen LogP contribution in [-0.2, 0) is 9.50 Å². The van der Waals surface area contributed by atoms with Crippen LogP contribution in [0.25, 0.3) is 0 Å². The zero-order chi connectivity index (χ0) is 13.8. The molecule has 1 aliphatic carbocycles. The summed E-state index contributed by atoms with van der Waals surface area (Å²) in [5, 5.41) is 11.7. The average molecular weight is 247 g/mol. The molecule has 1 aliphatic rings. The van der Waals surface area contributed by atoms with Gasteiger partial charge in [0, 0.05) is 0 Å². The van der Waals surface area contributed by atoms with Gasteiger partial charge in [-0.15, -0.1) is 0 Å². The first-order valence-electron chi connectivity index (χ1n) is 6.02. The number of carbonyl (C=O) groups excluding carboxylic acids is 1. The zero-order valence-corrected chi connectivity index (χ0v) is 11.1. The molecule has 18 heavy (non-hydrogen) atoms. The van der Waals surface area contributed by atoms with E-state index in [4.69, 9.17) is 5.26 Å². The first-order chi connectivity index (χ1) is 8.32. The second kappa shape index (κ2) is 5.43. The monoisotopic (exact) mass is 247 g/mol. The second-order valence-electron chi connectivity index (χ2n) is 5.90. The van der Waals surface area contributed by atoms with Crippen molar-refractivity contribution in [1.82, 2.24) is 5.32 Å². The van der Waals surface area contributed by atoms with Gasteiger partial charge in [0.05, 0.1) is 0 Å². The van der Waals surface area contributed by atoms with Gasteiger partial charge in [0.2, 0.25) is 0 Å². The summed E-state index contributed by atoms with van der Waals surface area (Å²) >= 11 is 0. The van der Waals surface area contributed by atoms with Crippen LogP contribution in [0.4, 0.5) is 0 Å². The maximum absolute atomic E-state index is 12.0. The predicted molar refractivity (Wildman–Crippen MR) is 68.5 cm³/mol. The van der Waals surface area contributed by atoms with E-state index in [0.29, 0.717) is 26.4 Å². The van der Waals surface area contributed by atoms with E-state index in [0.717, 1.165) is 6.11 Å². The quantitative estimate of drug-likeness (QED) is 0.582. The van der Waals surface area contributed by atoms with Gasteiger partial charge in [-0.25, -0.2) is 0 Å². The van der Waals surface area contributed by atoms with Gasteiger partial charge in [0.1, 0.15) is 0 Å². The van der Waals surface area contributed by atoms with E-state index in [1.54, 1.807) is 0 Å². The van der Waals surface area contributed by atoms with Gasteiger partial charge < -0.3 is 0 Å². The molecule has 0 radical (unpaired) electrons. The molecule has 1 saturated carbocycles. The minimum absolute atomic E-state index is 0.0778. The van der Waals surface area contributed by atoms with E-state index in [2.05, 4.69) is 16.4 Å². The van der Waals surface area contributed by atoms with Gasteiger partial charge in [-0.3, -0.25) is 0 Å². The molecule has 0 unspecified atom stereocenters. The van der Waals surface area contributed by atoms with Gasteiger partial charge in [0.15, 0.2) is 0 Å². The summed E-state index contributed by atoms with van der Waals surface area (Å²) in [4.78, 5) is 16.0. The number of hydrogen-bond donors (Lipinski definition) is 1. The van der Waals surface area contributed by atoms with Crippen LogP contribution in [-0.4, -0.2) is 30.8 Å². The number of hydrogen-bond acceptors (Lipinski definition) is 4. The fraction of sp³-hybridized carbons (Fsp3) is 0.750. The van der Waals surface area contributed by atoms with Crippen molar-refractivity contribution in [2.24, 2.45) is 10.4 Å². The molecule has 6 heteroatoms. The standard InChI is InChI=1S/C12H18BN3O2/c1-11(2,3)6-9(15-8-13-18)10(17)16-12(7-14)4-5-12/h8-9H,4-6H2,1-3H3,(H,16,17)/t9-/m0/s1. The summed E-state index contributed by atoms with van der Waals surface area (Å²) in [6.45, 7) is 6.00. The molecular formula is C12H18BN3O2. The molecule has 0 bridgehead atoms. The maximum atomic E-state index is 12.0. The van der Waals surface area contributed by atoms with Crippen LogP contribution in [0.1, 0.15) is 40.0 Å². The fourth-order valence-electron chi connectivity index (χ4n) is 1.64. The summed E-state index contributed by atoms with van der Waals surface area (Å²) in [5.41, 5.74) is -0.768. The van der Waals surface area contributed by atoms with Crippen LogP contribution in [0.2, 0.25) is 0 Å². The van der Waals surface area contributed by atoms with Crippen molar-refractivity contribution in [1.29, 1.82) is 5.26 Å². The number of nitrogens with zero attached hydrogens (tertiary/aromatic N) is 2. The number of nitrogens with one attached hydrogen (secondary N) is 1. The van der Waals surface area contributed by atoms with Crippen molar-refractivity contribution in [3.05, 3.63) is 0 Å². The predicted octanol–water partition coefficient (Wildman–Crippen LogP) is 1.04. The average Bonchev–Trinajstić information content (AvgIpc) is 3.03. The summed E-state index contributed by atoms with van der Waals surface area (Å²) in [7, 11) is 0.556. The van der Waals surface area contributed by atoms with Gasteiger partial charge in [-0.1, -0.05) is 0 Å². The van der Waals surface area contributed by atoms with E-state index < -0.39 is 11.6 Å². The van der Waals surface area contributed by atoms with Crippen molar-refractivity contribution in [2.75, 3.05) is 0 Å². The minimum atomic E-state index is -0.691. The summed E-state index contributed by atoms with van der Waals surface area (Å²) in [6.07, 6.45) is 3.01. The fourth-order valence-corrected chi connectivity index (χ4v) is 1.64. The molecule has 0 aromatic rings. The molecular weight excluding hydrogens is 229 g/mol. The Labute approximate surface area is 108 Å². The Morgan fingerprint density at radius 3 is 2.61 bits per heavy atom. The first kappa shape index (κ1) is 14.6. The third kappa shape index (κ3) is 4.40. The van der Waals surface area contributed by atoms with Gasteiger partial charge in [0.25, 0.3) is 0 Å². The van der Waals surface area contributed by atoms with E-state index in [-0.39, 0.29) is 11.3 Å². The summed E-state index contributed by atoms with van der Waals surface area (Å²) < 4.78 is 10.3. The first-order valence-corrected chi connectivity index (χ1v) is 6.02. The van der Waals surface area contributed by atoms with Crippen LogP contribution in [0, 0.1) is 16.7 Å². The molecule has 0 aromatic carbocycles. The third-order valence-corrected chi connectivity index (χ3v) is 2.76. The van der Waals surface area contributed by atoms with Gasteiger partial charge in [-0.05, 0) is 0 Å². The SMILES string of the molecule is CC(C)(C)C[C@H](N=CB=O)C(=O)NC1(C#N)CC1. The van der Waals surface area contributed by atoms with Gasteiger partial charge in [-0.2, -0.15) is 0 Å². The topological polar surface area (TPSA) is 82.3 Å². The zero-order valence-electron chi connectivity index (χ0n) is 11.1. The Kier molecular flexibility index (Phi) is 4.39. The molecule has 0 heterocycles. The third-order valence-electron chi connectivity index (χ3n) is 2.76. The van der Waals surface area contributed by atoms with E-state index >= 15 is 0 Å². The number of rotatable bonds is 5. The van der Waals surface area contributed by atoms with Crippen molar-refractivity contribution in [3.8, 4) is 6.07 Å². The molecule has 0 spiro atoms. The van der Waals surface area contributed by atoms with Crippen LogP contribution < -0.4 is 5.32 Å². The molecule has 1 rings (SSSR count). The van der Waals surface area contributed by atoms with Crippen LogP contribution in [0.15, 0.2) is 4.99 Å². The van der Waals surface area contributed by atoms with Gasteiger partial charge >= 0.3 is 107 Å². The molecule has 1 amide bonds. The van der Waals surface area contributed by atoms with Crippen LogP contribution in [0.3, 0.4) is 0 Å². The van der Waals surface area contributed by atoms with E-state index in [9.17, 15) is 9.50 Å². The van der Waals surface area contributed by atoms with Crippen molar-refractivity contribution in [2.45, 2.75) is 51.6 Å². The van der Waals surface area contributed by atoms with Crippen molar-refractivity contribution < 1.29 is 9.50 Å². The summed E-state index contributed by atoms with van der Waals surface area (Å²) in [5.74, 6) is -0.276. The molecule has 96 valence electrons. The molecule has 0 saturated heterocycles. The van der Waals surface area contributed by atoms with E-state index in [1.807, 2.05) is 20.8 Å². The number of nitriles is 1. The Morgan fingerprint density at radius 1 is 1.61 bits per heavy atom. The Hall–Kier alpha value is -1.51. The van der Waals surface area contributed by atoms with E-state index in [1.165, 1.54) is 0 Å². The second-order valence-corrected chi connectivity index (χ2v) is 5.90. The van der Waals surface area contributed by atoms with Crippen LogP contribution >= 0.6 is 0 Å². The molecule has 0 aromatic heterocycles. The Bertz CT molecular complexity index is 403. The molecule has 1 fully saturated rings. The number of aliphatic imine (C=N–C) groups is 1.